The molecule has 9 heteroatoms. The van der Waals surface area contributed by atoms with Gasteiger partial charge in [0.25, 0.3) is 5.91 Å². The molecule has 0 aliphatic carbocycles. The van der Waals surface area contributed by atoms with Gasteiger partial charge in [0.2, 0.25) is 0 Å². The molecule has 1 unspecified atom stereocenters. The lowest BCUT2D eigenvalue weighted by Gasteiger charge is -2.08. The number of thiophene rings is 1. The first-order valence-electron chi connectivity index (χ1n) is 10.7. The van der Waals surface area contributed by atoms with Crippen molar-refractivity contribution in [1.29, 1.82) is 0 Å². The summed E-state index contributed by atoms with van der Waals surface area (Å²) in [6, 6.07) is 15.9. The predicted octanol–water partition coefficient (Wildman–Crippen LogP) is 4.50. The second-order valence-electron chi connectivity index (χ2n) is 7.96. The monoisotopic (exact) mass is 456 g/mol. The van der Waals surface area contributed by atoms with E-state index in [0.29, 0.717) is 29.7 Å². The van der Waals surface area contributed by atoms with Crippen LogP contribution in [0, 0.1) is 0 Å². The zero-order valence-electron chi connectivity index (χ0n) is 17.5. The Hall–Kier alpha value is -3.82. The summed E-state index contributed by atoms with van der Waals surface area (Å²) < 4.78 is 6.37. The van der Waals surface area contributed by atoms with E-state index in [-0.39, 0.29) is 11.9 Å². The third kappa shape index (κ3) is 4.04. The van der Waals surface area contributed by atoms with Gasteiger partial charge in [0, 0.05) is 34.1 Å². The second-order valence-corrected chi connectivity index (χ2v) is 9.04. The lowest BCUT2D eigenvalue weighted by molar-refractivity contribution is 0.0934. The SMILES string of the molecule is O=C(NC1CCOC1)c1cc2ccc(-c3nccc(Nc4ccc5[nH]ncc5c4)n3)cc2s1. The van der Waals surface area contributed by atoms with Crippen LogP contribution >= 0.6 is 11.3 Å². The molecule has 164 valence electrons. The number of aromatic amines is 1. The molecule has 1 saturated heterocycles. The number of anilines is 2. The number of carbonyl (C=O) groups excluding carboxylic acids is 1. The molecule has 0 bridgehead atoms. The number of hydrogen-bond acceptors (Lipinski definition) is 7. The maximum Gasteiger partial charge on any atom is 0.261 e. The summed E-state index contributed by atoms with van der Waals surface area (Å²) in [5.74, 6) is 1.27. The van der Waals surface area contributed by atoms with E-state index in [9.17, 15) is 4.79 Å². The minimum atomic E-state index is -0.0507. The Morgan fingerprint density at radius 3 is 3.00 bits per heavy atom. The van der Waals surface area contributed by atoms with E-state index in [4.69, 9.17) is 4.74 Å². The van der Waals surface area contributed by atoms with Crippen molar-refractivity contribution in [3.8, 4) is 11.4 Å². The van der Waals surface area contributed by atoms with Gasteiger partial charge in [-0.05, 0) is 48.2 Å². The number of hydrogen-bond donors (Lipinski definition) is 3. The maximum absolute atomic E-state index is 12.6. The van der Waals surface area contributed by atoms with Crippen LogP contribution in [-0.4, -0.2) is 45.3 Å². The molecule has 2 aromatic carbocycles. The first kappa shape index (κ1) is 19.8. The van der Waals surface area contributed by atoms with Crippen LogP contribution in [0.3, 0.4) is 0 Å². The van der Waals surface area contributed by atoms with Gasteiger partial charge in [-0.15, -0.1) is 11.3 Å². The van der Waals surface area contributed by atoms with Gasteiger partial charge >= 0.3 is 0 Å². The van der Waals surface area contributed by atoms with Crippen molar-refractivity contribution in [2.75, 3.05) is 18.5 Å². The molecule has 6 rings (SSSR count). The largest absolute Gasteiger partial charge is 0.379 e. The van der Waals surface area contributed by atoms with E-state index < -0.39 is 0 Å². The zero-order chi connectivity index (χ0) is 22.2. The van der Waals surface area contributed by atoms with Gasteiger partial charge in [0.05, 0.1) is 29.2 Å². The first-order chi connectivity index (χ1) is 16.2. The summed E-state index contributed by atoms with van der Waals surface area (Å²) in [5.41, 5.74) is 2.80. The summed E-state index contributed by atoms with van der Waals surface area (Å²) in [5, 5.41) is 15.4. The Labute approximate surface area is 193 Å². The van der Waals surface area contributed by atoms with E-state index in [0.717, 1.165) is 38.7 Å². The Morgan fingerprint density at radius 2 is 2.09 bits per heavy atom. The number of H-pyrrole nitrogens is 1. The standard InChI is InChI=1S/C24H20N6O2S/c31-24(28-18-6-8-32-13-18)21-10-14-1-2-15(11-20(14)33-21)23-25-7-5-22(29-23)27-17-3-4-19-16(9-17)12-26-30-19/h1-5,7,9-12,18H,6,8,13H2,(H,26,30)(H,28,31)(H,25,27,29). The van der Waals surface area contributed by atoms with Gasteiger partial charge in [0.1, 0.15) is 5.82 Å². The molecule has 4 heterocycles. The van der Waals surface area contributed by atoms with E-state index in [1.54, 1.807) is 12.4 Å². The lowest BCUT2D eigenvalue weighted by Crippen LogP contribution is -2.34. The second kappa shape index (κ2) is 8.27. The van der Waals surface area contributed by atoms with E-state index in [1.165, 1.54) is 11.3 Å². The number of aromatic nitrogens is 4. The molecular weight excluding hydrogens is 436 g/mol. The van der Waals surface area contributed by atoms with Crippen molar-refractivity contribution in [2.45, 2.75) is 12.5 Å². The zero-order valence-corrected chi connectivity index (χ0v) is 18.4. The molecule has 1 amide bonds. The summed E-state index contributed by atoms with van der Waals surface area (Å²) in [4.78, 5) is 22.5. The van der Waals surface area contributed by atoms with Gasteiger partial charge in [0.15, 0.2) is 5.82 Å². The van der Waals surface area contributed by atoms with E-state index in [1.807, 2.05) is 48.5 Å². The number of carbonyl (C=O) groups is 1. The van der Waals surface area contributed by atoms with E-state index in [2.05, 4.69) is 30.8 Å². The Balaban J connectivity index is 1.24. The van der Waals surface area contributed by atoms with Crippen LogP contribution in [0.2, 0.25) is 0 Å². The number of nitrogens with one attached hydrogen (secondary N) is 3. The fourth-order valence-corrected chi connectivity index (χ4v) is 4.93. The van der Waals surface area contributed by atoms with Crippen molar-refractivity contribution in [1.82, 2.24) is 25.5 Å². The van der Waals surface area contributed by atoms with Crippen LogP contribution in [0.15, 0.2) is 60.9 Å². The summed E-state index contributed by atoms with van der Waals surface area (Å²) >= 11 is 1.47. The number of nitrogens with zero attached hydrogens (tertiary/aromatic N) is 3. The fourth-order valence-electron chi connectivity index (χ4n) is 3.92. The van der Waals surface area contributed by atoms with E-state index >= 15 is 0 Å². The average molecular weight is 457 g/mol. The summed E-state index contributed by atoms with van der Waals surface area (Å²) in [7, 11) is 0. The number of amides is 1. The Morgan fingerprint density at radius 1 is 1.12 bits per heavy atom. The molecule has 3 aromatic heterocycles. The smallest absolute Gasteiger partial charge is 0.261 e. The highest BCUT2D eigenvalue weighted by Gasteiger charge is 2.20. The summed E-state index contributed by atoms with van der Waals surface area (Å²) in [6.45, 7) is 1.28. The molecule has 0 radical (unpaired) electrons. The molecule has 5 aromatic rings. The molecule has 1 atom stereocenters. The fraction of sp³-hybridized carbons (Fsp3) is 0.167. The Kier molecular flexibility index (Phi) is 4.97. The summed E-state index contributed by atoms with van der Waals surface area (Å²) in [6.07, 6.45) is 4.39. The highest BCUT2D eigenvalue weighted by molar-refractivity contribution is 7.20. The van der Waals surface area contributed by atoms with Crippen molar-refractivity contribution in [2.24, 2.45) is 0 Å². The molecule has 1 aliphatic rings. The van der Waals surface area contributed by atoms with Crippen LogP contribution in [-0.2, 0) is 4.74 Å². The third-order valence-corrected chi connectivity index (χ3v) is 6.73. The minimum absolute atomic E-state index is 0.0507. The molecular formula is C24H20N6O2S. The lowest BCUT2D eigenvalue weighted by atomic mass is 10.1. The van der Waals surface area contributed by atoms with Crippen molar-refractivity contribution >= 4 is 49.7 Å². The normalized spacial score (nSPS) is 15.8. The molecule has 1 aliphatic heterocycles. The number of benzene rings is 2. The third-order valence-electron chi connectivity index (χ3n) is 5.64. The quantitative estimate of drug-likeness (QED) is 0.360. The number of rotatable bonds is 5. The minimum Gasteiger partial charge on any atom is -0.379 e. The topological polar surface area (TPSA) is 105 Å². The molecule has 33 heavy (non-hydrogen) atoms. The highest BCUT2D eigenvalue weighted by Crippen LogP contribution is 2.30. The average Bonchev–Trinajstić information content (AvgIpc) is 3.59. The molecule has 8 nitrogen and oxygen atoms in total. The van der Waals surface area contributed by atoms with Crippen molar-refractivity contribution in [3.63, 3.8) is 0 Å². The molecule has 0 saturated carbocycles. The number of fused-ring (bicyclic) bond motifs is 2. The van der Waals surface area contributed by atoms with Crippen LogP contribution in [0.4, 0.5) is 11.5 Å². The van der Waals surface area contributed by atoms with Gasteiger partial charge in [-0.1, -0.05) is 12.1 Å². The predicted molar refractivity (Wildman–Crippen MR) is 129 cm³/mol. The van der Waals surface area contributed by atoms with Crippen molar-refractivity contribution < 1.29 is 9.53 Å². The molecule has 1 fully saturated rings. The first-order valence-corrected chi connectivity index (χ1v) is 11.5. The molecule has 0 spiro atoms. The molecule has 3 N–H and O–H groups in total. The van der Waals surface area contributed by atoms with Crippen LogP contribution in [0.5, 0.6) is 0 Å². The van der Waals surface area contributed by atoms with Crippen LogP contribution < -0.4 is 10.6 Å². The van der Waals surface area contributed by atoms with Gasteiger partial charge in [-0.3, -0.25) is 9.89 Å². The maximum atomic E-state index is 12.6. The van der Waals surface area contributed by atoms with Gasteiger partial charge < -0.3 is 15.4 Å². The number of ether oxygens (including phenoxy) is 1. The van der Waals surface area contributed by atoms with Crippen molar-refractivity contribution in [3.05, 3.63) is 65.8 Å². The van der Waals surface area contributed by atoms with Gasteiger partial charge in [-0.25, -0.2) is 9.97 Å². The van der Waals surface area contributed by atoms with Crippen LogP contribution in [0.1, 0.15) is 16.1 Å². The van der Waals surface area contributed by atoms with Gasteiger partial charge in [-0.2, -0.15) is 5.10 Å². The van der Waals surface area contributed by atoms with Crippen LogP contribution in [0.25, 0.3) is 32.4 Å². The Bertz CT molecular complexity index is 1470. The highest BCUT2D eigenvalue weighted by atomic mass is 32.1.